The van der Waals surface area contributed by atoms with E-state index in [2.05, 4.69) is 4.74 Å². The Hall–Kier alpha value is -1.94. The average Bonchev–Trinajstić information content (AvgIpc) is 2.87. The molecular formula is C13H10O3S. The second kappa shape index (κ2) is 4.93. The van der Waals surface area contributed by atoms with Crippen molar-refractivity contribution in [2.24, 2.45) is 0 Å². The Bertz CT molecular complexity index is 557. The van der Waals surface area contributed by atoms with E-state index in [0.717, 1.165) is 16.7 Å². The summed E-state index contributed by atoms with van der Waals surface area (Å²) < 4.78 is 4.65. The lowest BCUT2D eigenvalue weighted by atomic mass is 10.1. The third-order valence-electron chi connectivity index (χ3n) is 2.30. The number of benzene rings is 1. The molecular weight excluding hydrogens is 236 g/mol. The molecule has 0 aliphatic carbocycles. The standard InChI is InChI=1S/C13H10O3S/c1-16-13(15)12-6-5-11(17-12)10-4-2-3-9(7-10)8-14/h2-8H,1H3. The highest BCUT2D eigenvalue weighted by molar-refractivity contribution is 7.17. The van der Waals surface area contributed by atoms with Gasteiger partial charge in [0.2, 0.25) is 0 Å². The minimum atomic E-state index is -0.340. The molecule has 0 saturated carbocycles. The second-order valence-corrected chi connectivity index (χ2v) is 4.48. The molecule has 0 aliphatic heterocycles. The zero-order valence-corrected chi connectivity index (χ0v) is 9.99. The van der Waals surface area contributed by atoms with Gasteiger partial charge in [0, 0.05) is 10.4 Å². The summed E-state index contributed by atoms with van der Waals surface area (Å²) in [6.07, 6.45) is 0.804. The lowest BCUT2D eigenvalue weighted by Crippen LogP contribution is -1.96. The molecule has 0 saturated heterocycles. The van der Waals surface area contributed by atoms with Crippen molar-refractivity contribution >= 4 is 23.6 Å². The summed E-state index contributed by atoms with van der Waals surface area (Å²) >= 11 is 1.35. The molecule has 1 aromatic heterocycles. The van der Waals surface area contributed by atoms with Crippen LogP contribution in [0.4, 0.5) is 0 Å². The van der Waals surface area contributed by atoms with Crippen molar-refractivity contribution in [3.63, 3.8) is 0 Å². The van der Waals surface area contributed by atoms with Crippen LogP contribution in [-0.4, -0.2) is 19.4 Å². The lowest BCUT2D eigenvalue weighted by Gasteiger charge is -1.97. The summed E-state index contributed by atoms with van der Waals surface area (Å²) in [6.45, 7) is 0. The molecule has 0 atom stereocenters. The fourth-order valence-corrected chi connectivity index (χ4v) is 2.39. The highest BCUT2D eigenvalue weighted by Gasteiger charge is 2.10. The molecule has 0 radical (unpaired) electrons. The Labute approximate surface area is 103 Å². The molecule has 0 N–H and O–H groups in total. The van der Waals surface area contributed by atoms with Crippen molar-refractivity contribution in [2.45, 2.75) is 0 Å². The number of aldehydes is 1. The minimum Gasteiger partial charge on any atom is -0.465 e. The zero-order chi connectivity index (χ0) is 12.3. The summed E-state index contributed by atoms with van der Waals surface area (Å²) in [6, 6.07) is 10.8. The van der Waals surface area contributed by atoms with Gasteiger partial charge in [-0.2, -0.15) is 0 Å². The van der Waals surface area contributed by atoms with E-state index in [1.165, 1.54) is 18.4 Å². The molecule has 0 amide bonds. The highest BCUT2D eigenvalue weighted by atomic mass is 32.1. The largest absolute Gasteiger partial charge is 0.465 e. The number of hydrogen-bond donors (Lipinski definition) is 0. The van der Waals surface area contributed by atoms with Gasteiger partial charge >= 0.3 is 5.97 Å². The van der Waals surface area contributed by atoms with Gasteiger partial charge in [-0.05, 0) is 23.8 Å². The van der Waals surface area contributed by atoms with E-state index in [4.69, 9.17) is 0 Å². The van der Waals surface area contributed by atoms with Crippen LogP contribution in [0.5, 0.6) is 0 Å². The number of thiophene rings is 1. The maximum Gasteiger partial charge on any atom is 0.348 e. The molecule has 86 valence electrons. The fraction of sp³-hybridized carbons (Fsp3) is 0.0769. The number of esters is 1. The van der Waals surface area contributed by atoms with E-state index in [1.807, 2.05) is 18.2 Å². The maximum atomic E-state index is 11.3. The number of carbonyl (C=O) groups excluding carboxylic acids is 2. The average molecular weight is 246 g/mol. The van der Waals surface area contributed by atoms with Crippen LogP contribution >= 0.6 is 11.3 Å². The fourth-order valence-electron chi connectivity index (χ4n) is 1.47. The first kappa shape index (κ1) is 11.5. The van der Waals surface area contributed by atoms with Crippen LogP contribution in [0, 0.1) is 0 Å². The van der Waals surface area contributed by atoms with Crippen LogP contribution in [0.1, 0.15) is 20.0 Å². The van der Waals surface area contributed by atoms with E-state index in [0.29, 0.717) is 10.4 Å². The first-order valence-corrected chi connectivity index (χ1v) is 5.80. The molecule has 17 heavy (non-hydrogen) atoms. The van der Waals surface area contributed by atoms with Crippen molar-refractivity contribution < 1.29 is 14.3 Å². The van der Waals surface area contributed by atoms with Gasteiger partial charge in [-0.15, -0.1) is 11.3 Å². The van der Waals surface area contributed by atoms with Crippen LogP contribution in [-0.2, 0) is 4.74 Å². The molecule has 0 bridgehead atoms. The Balaban J connectivity index is 2.36. The summed E-state index contributed by atoms with van der Waals surface area (Å²) in [5, 5.41) is 0. The monoisotopic (exact) mass is 246 g/mol. The SMILES string of the molecule is COC(=O)c1ccc(-c2cccc(C=O)c2)s1. The molecule has 0 unspecified atom stereocenters. The van der Waals surface area contributed by atoms with Gasteiger partial charge in [-0.3, -0.25) is 4.79 Å². The van der Waals surface area contributed by atoms with Crippen molar-refractivity contribution in [1.29, 1.82) is 0 Å². The minimum absolute atomic E-state index is 0.340. The molecule has 1 heterocycles. The highest BCUT2D eigenvalue weighted by Crippen LogP contribution is 2.28. The van der Waals surface area contributed by atoms with Crippen molar-refractivity contribution in [1.82, 2.24) is 0 Å². The first-order chi connectivity index (χ1) is 8.24. The molecule has 0 aliphatic rings. The molecule has 3 nitrogen and oxygen atoms in total. The predicted octanol–water partition coefficient (Wildman–Crippen LogP) is 3.01. The van der Waals surface area contributed by atoms with E-state index in [1.54, 1.807) is 18.2 Å². The van der Waals surface area contributed by atoms with Crippen molar-refractivity contribution in [3.8, 4) is 10.4 Å². The normalized spacial score (nSPS) is 9.94. The molecule has 0 fully saturated rings. The number of carbonyl (C=O) groups is 2. The van der Waals surface area contributed by atoms with Gasteiger partial charge in [0.25, 0.3) is 0 Å². The topological polar surface area (TPSA) is 43.4 Å². The molecule has 1 aromatic carbocycles. The Morgan fingerprint density at radius 3 is 2.82 bits per heavy atom. The predicted molar refractivity (Wildman–Crippen MR) is 66.5 cm³/mol. The summed E-state index contributed by atoms with van der Waals surface area (Å²) in [5.74, 6) is -0.340. The van der Waals surface area contributed by atoms with Gasteiger partial charge in [0.1, 0.15) is 11.2 Å². The molecule has 0 spiro atoms. The van der Waals surface area contributed by atoms with E-state index in [9.17, 15) is 9.59 Å². The number of hydrogen-bond acceptors (Lipinski definition) is 4. The Morgan fingerprint density at radius 2 is 2.12 bits per heavy atom. The lowest BCUT2D eigenvalue weighted by molar-refractivity contribution is 0.0606. The smallest absolute Gasteiger partial charge is 0.348 e. The summed E-state index contributed by atoms with van der Waals surface area (Å²) in [7, 11) is 1.36. The van der Waals surface area contributed by atoms with E-state index < -0.39 is 0 Å². The van der Waals surface area contributed by atoms with Gasteiger partial charge < -0.3 is 4.74 Å². The summed E-state index contributed by atoms with van der Waals surface area (Å²) in [5.41, 5.74) is 1.55. The van der Waals surface area contributed by atoms with Crippen LogP contribution in [0.25, 0.3) is 10.4 Å². The van der Waals surface area contributed by atoms with Crippen LogP contribution < -0.4 is 0 Å². The third-order valence-corrected chi connectivity index (χ3v) is 3.41. The molecule has 2 aromatic rings. The van der Waals surface area contributed by atoms with Crippen molar-refractivity contribution in [3.05, 3.63) is 46.8 Å². The van der Waals surface area contributed by atoms with Gasteiger partial charge in [-0.1, -0.05) is 18.2 Å². The van der Waals surface area contributed by atoms with Crippen LogP contribution in [0.2, 0.25) is 0 Å². The number of methoxy groups -OCH3 is 1. The molecule has 2 rings (SSSR count). The Morgan fingerprint density at radius 1 is 1.29 bits per heavy atom. The first-order valence-electron chi connectivity index (χ1n) is 4.98. The van der Waals surface area contributed by atoms with Gasteiger partial charge in [0.05, 0.1) is 7.11 Å². The zero-order valence-electron chi connectivity index (χ0n) is 9.17. The van der Waals surface area contributed by atoms with Crippen LogP contribution in [0.3, 0.4) is 0 Å². The Kier molecular flexibility index (Phi) is 3.35. The van der Waals surface area contributed by atoms with Gasteiger partial charge in [-0.25, -0.2) is 4.79 Å². The quantitative estimate of drug-likeness (QED) is 0.617. The van der Waals surface area contributed by atoms with E-state index in [-0.39, 0.29) is 5.97 Å². The maximum absolute atomic E-state index is 11.3. The second-order valence-electron chi connectivity index (χ2n) is 3.40. The van der Waals surface area contributed by atoms with Crippen molar-refractivity contribution in [2.75, 3.05) is 7.11 Å². The van der Waals surface area contributed by atoms with Gasteiger partial charge in [0.15, 0.2) is 0 Å². The molecule has 4 heteroatoms. The number of ether oxygens (including phenoxy) is 1. The number of rotatable bonds is 3. The van der Waals surface area contributed by atoms with Crippen LogP contribution in [0.15, 0.2) is 36.4 Å². The van der Waals surface area contributed by atoms with E-state index >= 15 is 0 Å². The third kappa shape index (κ3) is 2.42. The summed E-state index contributed by atoms with van der Waals surface area (Å²) in [4.78, 5) is 23.5.